The molecule has 0 aromatic heterocycles. The second kappa shape index (κ2) is 5.85. The molecule has 0 amide bonds. The minimum absolute atomic E-state index is 0.484. The van der Waals surface area contributed by atoms with Crippen LogP contribution in [-0.2, 0) is 6.54 Å². The molecule has 0 radical (unpaired) electrons. The molecule has 1 heterocycles. The molecule has 1 aliphatic rings. The van der Waals surface area contributed by atoms with Gasteiger partial charge in [-0.1, -0.05) is 6.07 Å². The predicted octanol–water partition coefficient (Wildman–Crippen LogP) is 1.16. The lowest BCUT2D eigenvalue weighted by atomic mass is 10.1. The fourth-order valence-electron chi connectivity index (χ4n) is 2.36. The van der Waals surface area contributed by atoms with Gasteiger partial charge in [0.25, 0.3) is 0 Å². The molecule has 96 valence electrons. The number of nitriles is 1. The summed E-state index contributed by atoms with van der Waals surface area (Å²) in [5.74, 6) is 0. The lowest BCUT2D eigenvalue weighted by molar-refractivity contribution is 0.360. The van der Waals surface area contributed by atoms with Crippen molar-refractivity contribution < 1.29 is 0 Å². The molecule has 2 N–H and O–H groups in total. The molecule has 1 aromatic rings. The van der Waals surface area contributed by atoms with Crippen LogP contribution < -0.4 is 10.6 Å². The summed E-state index contributed by atoms with van der Waals surface area (Å²) in [6, 6.07) is 8.25. The van der Waals surface area contributed by atoms with Crippen LogP contribution in [-0.4, -0.2) is 38.1 Å². The highest BCUT2D eigenvalue weighted by Gasteiger charge is 2.15. The summed E-state index contributed by atoms with van der Waals surface area (Å²) in [5.41, 5.74) is 8.42. The van der Waals surface area contributed by atoms with Crippen molar-refractivity contribution in [3.63, 3.8) is 0 Å². The molecule has 0 spiro atoms. The molecule has 0 atom stereocenters. The first-order valence-electron chi connectivity index (χ1n) is 6.41. The zero-order chi connectivity index (χ0) is 13.0. The molecule has 1 saturated heterocycles. The van der Waals surface area contributed by atoms with Crippen LogP contribution in [0.1, 0.15) is 17.5 Å². The zero-order valence-electron chi connectivity index (χ0n) is 10.9. The first kappa shape index (κ1) is 12.9. The Bertz CT molecular complexity index is 450. The molecule has 0 unspecified atom stereocenters. The van der Waals surface area contributed by atoms with Crippen molar-refractivity contribution >= 4 is 5.69 Å². The molecular weight excluding hydrogens is 224 g/mol. The summed E-state index contributed by atoms with van der Waals surface area (Å²) < 4.78 is 0. The number of rotatable bonds is 2. The lowest BCUT2D eigenvalue weighted by Gasteiger charge is -2.24. The molecule has 18 heavy (non-hydrogen) atoms. The van der Waals surface area contributed by atoms with Crippen LogP contribution in [0.3, 0.4) is 0 Å². The average Bonchev–Trinajstić information content (AvgIpc) is 2.62. The van der Waals surface area contributed by atoms with Crippen molar-refractivity contribution in [3.05, 3.63) is 29.3 Å². The van der Waals surface area contributed by atoms with E-state index in [-0.39, 0.29) is 0 Å². The Morgan fingerprint density at radius 3 is 2.83 bits per heavy atom. The molecule has 0 bridgehead atoms. The smallest absolute Gasteiger partial charge is 0.101 e. The third-order valence-corrected chi connectivity index (χ3v) is 3.48. The van der Waals surface area contributed by atoms with Crippen LogP contribution in [0, 0.1) is 11.3 Å². The van der Waals surface area contributed by atoms with Crippen LogP contribution in [0.2, 0.25) is 0 Å². The van der Waals surface area contributed by atoms with Crippen molar-refractivity contribution in [1.82, 2.24) is 4.90 Å². The van der Waals surface area contributed by atoms with Gasteiger partial charge in [0.1, 0.15) is 6.07 Å². The fourth-order valence-corrected chi connectivity index (χ4v) is 2.36. The Labute approximate surface area is 109 Å². The topological polar surface area (TPSA) is 56.3 Å². The van der Waals surface area contributed by atoms with Crippen LogP contribution in [0.4, 0.5) is 5.69 Å². The van der Waals surface area contributed by atoms with Crippen molar-refractivity contribution in [3.8, 4) is 6.07 Å². The largest absolute Gasteiger partial charge is 0.369 e. The van der Waals surface area contributed by atoms with Gasteiger partial charge >= 0.3 is 0 Å². The molecule has 4 nitrogen and oxygen atoms in total. The van der Waals surface area contributed by atoms with Gasteiger partial charge in [0.2, 0.25) is 0 Å². The van der Waals surface area contributed by atoms with Crippen LogP contribution >= 0.6 is 0 Å². The van der Waals surface area contributed by atoms with E-state index in [1.807, 2.05) is 18.2 Å². The van der Waals surface area contributed by atoms with Gasteiger partial charge in [0.15, 0.2) is 0 Å². The summed E-state index contributed by atoms with van der Waals surface area (Å²) in [5, 5.41) is 9.26. The number of likely N-dealkylation sites (N-methyl/N-ethyl adjacent to an activating group) is 1. The quantitative estimate of drug-likeness (QED) is 0.848. The maximum atomic E-state index is 9.26. The normalized spacial score (nSPS) is 17.3. The van der Waals surface area contributed by atoms with E-state index in [2.05, 4.69) is 22.9 Å². The van der Waals surface area contributed by atoms with Gasteiger partial charge in [0, 0.05) is 26.2 Å². The molecule has 1 aliphatic heterocycles. The summed E-state index contributed by atoms with van der Waals surface area (Å²) in [7, 11) is 2.15. The van der Waals surface area contributed by atoms with Gasteiger partial charge in [-0.05, 0) is 37.7 Å². The SMILES string of the molecule is CN1CCCN(c2ccc(CN)cc2C#N)CC1. The van der Waals surface area contributed by atoms with Crippen molar-refractivity contribution in [2.75, 3.05) is 38.1 Å². The molecule has 1 fully saturated rings. The predicted molar refractivity (Wildman–Crippen MR) is 73.4 cm³/mol. The summed E-state index contributed by atoms with van der Waals surface area (Å²) in [4.78, 5) is 4.64. The summed E-state index contributed by atoms with van der Waals surface area (Å²) in [6.07, 6.45) is 1.14. The Kier molecular flexibility index (Phi) is 4.19. The first-order chi connectivity index (χ1) is 8.74. The molecule has 0 saturated carbocycles. The maximum absolute atomic E-state index is 9.26. The number of anilines is 1. The fraction of sp³-hybridized carbons (Fsp3) is 0.500. The maximum Gasteiger partial charge on any atom is 0.101 e. The molecule has 1 aromatic carbocycles. The van der Waals surface area contributed by atoms with Gasteiger partial charge in [-0.15, -0.1) is 0 Å². The monoisotopic (exact) mass is 244 g/mol. The van der Waals surface area contributed by atoms with Crippen molar-refractivity contribution in [2.24, 2.45) is 5.73 Å². The van der Waals surface area contributed by atoms with E-state index in [9.17, 15) is 5.26 Å². The zero-order valence-corrected chi connectivity index (χ0v) is 10.9. The number of benzene rings is 1. The standard InChI is InChI=1S/C14H20N4/c1-17-5-2-6-18(8-7-17)14-4-3-12(10-15)9-13(14)11-16/h3-4,9H,2,5-8,10,15H2,1H3. The highest BCUT2D eigenvalue weighted by molar-refractivity contribution is 5.60. The summed E-state index contributed by atoms with van der Waals surface area (Å²) >= 11 is 0. The van der Waals surface area contributed by atoms with E-state index in [1.54, 1.807) is 0 Å². The number of nitrogens with two attached hydrogens (primary N) is 1. The second-order valence-corrected chi connectivity index (χ2v) is 4.81. The number of hydrogen-bond donors (Lipinski definition) is 1. The van der Waals surface area contributed by atoms with E-state index in [4.69, 9.17) is 5.73 Å². The molecule has 0 aliphatic carbocycles. The van der Waals surface area contributed by atoms with Gasteiger partial charge in [-0.3, -0.25) is 0 Å². The number of nitrogens with zero attached hydrogens (tertiary/aromatic N) is 3. The first-order valence-corrected chi connectivity index (χ1v) is 6.41. The van der Waals surface area contributed by atoms with Gasteiger partial charge in [-0.2, -0.15) is 5.26 Å². The second-order valence-electron chi connectivity index (χ2n) is 4.81. The summed E-state index contributed by atoms with van der Waals surface area (Å²) in [6.45, 7) is 4.65. The van der Waals surface area contributed by atoms with Crippen molar-refractivity contribution in [1.29, 1.82) is 5.26 Å². The van der Waals surface area contributed by atoms with E-state index < -0.39 is 0 Å². The Morgan fingerprint density at radius 2 is 2.11 bits per heavy atom. The van der Waals surface area contributed by atoms with E-state index >= 15 is 0 Å². The Morgan fingerprint density at radius 1 is 1.28 bits per heavy atom. The van der Waals surface area contributed by atoms with Gasteiger partial charge in [0.05, 0.1) is 11.3 Å². The van der Waals surface area contributed by atoms with Crippen molar-refractivity contribution in [2.45, 2.75) is 13.0 Å². The van der Waals surface area contributed by atoms with Crippen LogP contribution in [0.25, 0.3) is 0 Å². The lowest BCUT2D eigenvalue weighted by Crippen LogP contribution is -2.29. The number of hydrogen-bond acceptors (Lipinski definition) is 4. The molecule has 2 rings (SSSR count). The molecular formula is C14H20N4. The Hall–Kier alpha value is -1.57. The highest BCUT2D eigenvalue weighted by Crippen LogP contribution is 2.22. The molecule has 4 heteroatoms. The Balaban J connectivity index is 2.24. The third-order valence-electron chi connectivity index (χ3n) is 3.48. The van der Waals surface area contributed by atoms with Gasteiger partial charge in [-0.25, -0.2) is 0 Å². The van der Waals surface area contributed by atoms with E-state index in [1.165, 1.54) is 0 Å². The van der Waals surface area contributed by atoms with Crippen LogP contribution in [0.15, 0.2) is 18.2 Å². The van der Waals surface area contributed by atoms with E-state index in [0.717, 1.165) is 49.4 Å². The van der Waals surface area contributed by atoms with E-state index in [0.29, 0.717) is 6.54 Å². The van der Waals surface area contributed by atoms with Crippen LogP contribution in [0.5, 0.6) is 0 Å². The minimum atomic E-state index is 0.484. The minimum Gasteiger partial charge on any atom is -0.369 e. The highest BCUT2D eigenvalue weighted by atomic mass is 15.2. The third kappa shape index (κ3) is 2.81. The van der Waals surface area contributed by atoms with Gasteiger partial charge < -0.3 is 15.5 Å². The average molecular weight is 244 g/mol.